The molecule has 0 spiro atoms. The average Bonchev–Trinajstić information content (AvgIpc) is 3.13. The van der Waals surface area contributed by atoms with Gasteiger partial charge in [-0.25, -0.2) is 0 Å². The third kappa shape index (κ3) is 4.31. The molecule has 33 heavy (non-hydrogen) atoms. The Balaban J connectivity index is 1.18. The van der Waals surface area contributed by atoms with Crippen molar-refractivity contribution in [1.82, 2.24) is 9.80 Å². The number of carbonyl (C=O) groups excluding carboxylic acids is 1. The van der Waals surface area contributed by atoms with E-state index in [4.69, 9.17) is 4.74 Å². The lowest BCUT2D eigenvalue weighted by atomic mass is 9.55. The van der Waals surface area contributed by atoms with E-state index in [0.717, 1.165) is 52.0 Å². The van der Waals surface area contributed by atoms with Crippen LogP contribution in [-0.4, -0.2) is 72.4 Å². The van der Waals surface area contributed by atoms with Gasteiger partial charge in [-0.05, 0) is 24.3 Å². The Bertz CT molecular complexity index is 905. The number of allylic oxidation sites excluding steroid dienone is 1. The molecule has 2 aliphatic carbocycles. The predicted molar refractivity (Wildman–Crippen MR) is 130 cm³/mol. The van der Waals surface area contributed by atoms with Crippen LogP contribution >= 0.6 is 0 Å². The first kappa shape index (κ1) is 22.8. The summed E-state index contributed by atoms with van der Waals surface area (Å²) in [6.07, 6.45) is 9.01. The Morgan fingerprint density at radius 3 is 2.64 bits per heavy atom. The summed E-state index contributed by atoms with van der Waals surface area (Å²) >= 11 is 0. The molecular formula is C28H38N2O3. The Hall–Kier alpha value is -1.95. The summed E-state index contributed by atoms with van der Waals surface area (Å²) in [7, 11) is 0. The van der Waals surface area contributed by atoms with Crippen molar-refractivity contribution < 1.29 is 14.6 Å². The molecule has 0 radical (unpaired) electrons. The Kier molecular flexibility index (Phi) is 6.47. The second kappa shape index (κ2) is 9.36. The van der Waals surface area contributed by atoms with Crippen molar-refractivity contribution in [2.75, 3.05) is 39.3 Å². The summed E-state index contributed by atoms with van der Waals surface area (Å²) in [5, 5.41) is 11.5. The summed E-state index contributed by atoms with van der Waals surface area (Å²) in [5.74, 6) is 0.0131. The maximum Gasteiger partial charge on any atom is 0.311 e. The van der Waals surface area contributed by atoms with Gasteiger partial charge in [0.15, 0.2) is 0 Å². The number of hydrogen-bond donors (Lipinski definition) is 1. The molecule has 3 fully saturated rings. The molecule has 5 nitrogen and oxygen atoms in total. The van der Waals surface area contributed by atoms with E-state index in [9.17, 15) is 9.90 Å². The number of esters is 1. The smallest absolute Gasteiger partial charge is 0.311 e. The van der Waals surface area contributed by atoms with Gasteiger partial charge in [0.05, 0.1) is 12.0 Å². The van der Waals surface area contributed by atoms with Gasteiger partial charge in [-0.15, -0.1) is 0 Å². The molecule has 5 heteroatoms. The Labute approximate surface area is 198 Å². The van der Waals surface area contributed by atoms with Crippen molar-refractivity contribution >= 4 is 12.0 Å². The quantitative estimate of drug-likeness (QED) is 0.549. The third-order valence-electron chi connectivity index (χ3n) is 8.96. The highest BCUT2D eigenvalue weighted by Crippen LogP contribution is 2.56. The fourth-order valence-corrected chi connectivity index (χ4v) is 6.61. The van der Waals surface area contributed by atoms with Crippen LogP contribution < -0.4 is 0 Å². The lowest BCUT2D eigenvalue weighted by molar-refractivity contribution is -0.145. The zero-order chi connectivity index (χ0) is 23.0. The molecule has 1 unspecified atom stereocenters. The van der Waals surface area contributed by atoms with Gasteiger partial charge in [0.1, 0.15) is 6.10 Å². The van der Waals surface area contributed by atoms with E-state index in [2.05, 4.69) is 66.1 Å². The third-order valence-corrected chi connectivity index (χ3v) is 8.96. The van der Waals surface area contributed by atoms with Gasteiger partial charge in [0, 0.05) is 57.0 Å². The van der Waals surface area contributed by atoms with Crippen LogP contribution in [0, 0.1) is 23.2 Å². The van der Waals surface area contributed by atoms with E-state index in [1.54, 1.807) is 0 Å². The van der Waals surface area contributed by atoms with Crippen LogP contribution in [0.1, 0.15) is 38.7 Å². The Morgan fingerprint density at radius 1 is 1.15 bits per heavy atom. The molecule has 5 rings (SSSR count). The van der Waals surface area contributed by atoms with Crippen LogP contribution in [0.5, 0.6) is 0 Å². The molecule has 2 heterocycles. The van der Waals surface area contributed by atoms with Crippen LogP contribution in [0.15, 0.2) is 48.1 Å². The summed E-state index contributed by atoms with van der Waals surface area (Å²) in [6, 6.07) is 10.4. The molecule has 2 aliphatic heterocycles. The van der Waals surface area contributed by atoms with Crippen LogP contribution in [0.25, 0.3) is 6.08 Å². The monoisotopic (exact) mass is 450 g/mol. The minimum Gasteiger partial charge on any atom is -0.461 e. The number of fused-ring (bicyclic) bond motifs is 2. The van der Waals surface area contributed by atoms with E-state index in [1.807, 2.05) is 6.07 Å². The first-order chi connectivity index (χ1) is 16.0. The minimum absolute atomic E-state index is 0.0907. The number of ether oxygens (including phenoxy) is 1. The molecule has 2 saturated heterocycles. The topological polar surface area (TPSA) is 53.0 Å². The van der Waals surface area contributed by atoms with Crippen molar-refractivity contribution in [1.29, 1.82) is 0 Å². The van der Waals surface area contributed by atoms with E-state index >= 15 is 0 Å². The molecule has 1 N–H and O–H groups in total. The molecule has 178 valence electrons. The summed E-state index contributed by atoms with van der Waals surface area (Å²) < 4.78 is 5.85. The average molecular weight is 451 g/mol. The zero-order valence-corrected chi connectivity index (χ0v) is 20.0. The van der Waals surface area contributed by atoms with Gasteiger partial charge >= 0.3 is 5.97 Å². The highest BCUT2D eigenvalue weighted by atomic mass is 16.6. The molecular weight excluding hydrogens is 412 g/mol. The highest BCUT2D eigenvalue weighted by molar-refractivity contribution is 5.76. The number of hydrogen-bond acceptors (Lipinski definition) is 5. The maximum absolute atomic E-state index is 12.9. The molecule has 1 aromatic rings. The minimum atomic E-state index is -0.515. The molecule has 0 bridgehead atoms. The fraction of sp³-hybridized carbons (Fsp3) is 0.607. The molecule has 1 aromatic carbocycles. The molecule has 4 aliphatic rings. The number of aliphatic hydroxyl groups is 1. The second-order valence-electron chi connectivity index (χ2n) is 10.7. The molecule has 0 aromatic heterocycles. The summed E-state index contributed by atoms with van der Waals surface area (Å²) in [6.45, 7) is 10.0. The normalized spacial score (nSPS) is 37.5. The number of rotatable bonds is 5. The van der Waals surface area contributed by atoms with Crippen molar-refractivity contribution in [3.05, 3.63) is 53.6 Å². The second-order valence-corrected chi connectivity index (χ2v) is 10.7. The number of piperazine rings is 1. The van der Waals surface area contributed by atoms with Crippen molar-refractivity contribution in [2.45, 2.75) is 45.3 Å². The predicted octanol–water partition coefficient (Wildman–Crippen LogP) is 3.60. The van der Waals surface area contributed by atoms with Gasteiger partial charge in [-0.3, -0.25) is 14.6 Å². The number of carbonyl (C=O) groups is 1. The first-order valence-corrected chi connectivity index (χ1v) is 12.7. The summed E-state index contributed by atoms with van der Waals surface area (Å²) in [4.78, 5) is 17.8. The Morgan fingerprint density at radius 2 is 1.88 bits per heavy atom. The van der Waals surface area contributed by atoms with E-state index in [-0.39, 0.29) is 29.3 Å². The number of benzene rings is 1. The lowest BCUT2D eigenvalue weighted by Crippen LogP contribution is -2.55. The van der Waals surface area contributed by atoms with E-state index < -0.39 is 6.10 Å². The van der Waals surface area contributed by atoms with Crippen molar-refractivity contribution in [3.63, 3.8) is 0 Å². The number of aliphatic hydroxyl groups excluding tert-OH is 1. The van der Waals surface area contributed by atoms with Crippen LogP contribution in [0.4, 0.5) is 0 Å². The van der Waals surface area contributed by atoms with Crippen molar-refractivity contribution in [2.24, 2.45) is 23.2 Å². The number of nitrogens with zero attached hydrogens (tertiary/aromatic N) is 2. The SMILES string of the molecule is C[C@@H]1CCC=C2C[C@H]3OC(=O)C(CN4CCN(C/C=C/c5ccccc5)CC4)[C@H]3[C@H](O)[C@@]21C. The summed E-state index contributed by atoms with van der Waals surface area (Å²) in [5.41, 5.74) is 2.31. The zero-order valence-electron chi connectivity index (χ0n) is 20.0. The van der Waals surface area contributed by atoms with Crippen LogP contribution in [0.3, 0.4) is 0 Å². The van der Waals surface area contributed by atoms with Gasteiger partial charge in [-0.2, -0.15) is 0 Å². The standard InChI is InChI=1S/C28H38N2O3/c1-20-8-6-12-22-18-24-25(26(31)28(20,22)2)23(27(32)33-24)19-30-16-14-29(15-17-30)13-7-11-21-9-4-3-5-10-21/h3-5,7,9-12,20,23-26,31H,6,8,13-19H2,1-2H3/b11-7+/t20-,23?,24-,25-,26+,28-/m1/s1. The van der Waals surface area contributed by atoms with Crippen LogP contribution in [-0.2, 0) is 9.53 Å². The van der Waals surface area contributed by atoms with Gasteiger partial charge in [-0.1, -0.05) is 68.0 Å². The highest BCUT2D eigenvalue weighted by Gasteiger charge is 2.59. The fourth-order valence-electron chi connectivity index (χ4n) is 6.61. The van der Waals surface area contributed by atoms with E-state index in [0.29, 0.717) is 12.5 Å². The maximum atomic E-state index is 12.9. The van der Waals surface area contributed by atoms with Gasteiger partial charge in [0.25, 0.3) is 0 Å². The van der Waals surface area contributed by atoms with Gasteiger partial charge < -0.3 is 9.84 Å². The van der Waals surface area contributed by atoms with Gasteiger partial charge in [0.2, 0.25) is 0 Å². The lowest BCUT2D eigenvalue weighted by Gasteiger charge is -2.52. The van der Waals surface area contributed by atoms with Crippen molar-refractivity contribution in [3.8, 4) is 0 Å². The molecule has 0 amide bonds. The largest absolute Gasteiger partial charge is 0.461 e. The van der Waals surface area contributed by atoms with E-state index in [1.165, 1.54) is 11.1 Å². The van der Waals surface area contributed by atoms with Crippen LogP contribution in [0.2, 0.25) is 0 Å². The molecule has 6 atom stereocenters. The first-order valence-electron chi connectivity index (χ1n) is 12.7. The molecule has 1 saturated carbocycles.